The summed E-state index contributed by atoms with van der Waals surface area (Å²) in [5.41, 5.74) is 0.152. The molecule has 0 aliphatic carbocycles. The summed E-state index contributed by atoms with van der Waals surface area (Å²) in [6, 6.07) is 3.77. The van der Waals surface area contributed by atoms with Crippen molar-refractivity contribution in [2.24, 2.45) is 0 Å². The molecule has 2 unspecified atom stereocenters. The highest BCUT2D eigenvalue weighted by Crippen LogP contribution is 2.19. The first-order chi connectivity index (χ1) is 9.47. The maximum absolute atomic E-state index is 13.2. The van der Waals surface area contributed by atoms with E-state index >= 15 is 0 Å². The van der Waals surface area contributed by atoms with Crippen LogP contribution in [0.1, 0.15) is 23.2 Å². The second kappa shape index (κ2) is 6.19. The van der Waals surface area contributed by atoms with E-state index in [2.05, 4.69) is 5.32 Å². The highest BCUT2D eigenvalue weighted by atomic mass is 35.5. The monoisotopic (exact) mass is 301 g/mol. The lowest BCUT2D eigenvalue weighted by Gasteiger charge is -2.12. The SMILES string of the molecule is O=C(NCC1CCC(C(=O)O)O1)c1ccc(Cl)c(F)c1. The number of carbonyl (C=O) groups is 2. The molecule has 2 rings (SSSR count). The van der Waals surface area contributed by atoms with Gasteiger partial charge in [0.1, 0.15) is 5.82 Å². The van der Waals surface area contributed by atoms with Crippen molar-refractivity contribution in [3.8, 4) is 0 Å². The second-order valence-corrected chi connectivity index (χ2v) is 4.91. The van der Waals surface area contributed by atoms with Crippen LogP contribution < -0.4 is 5.32 Å². The first kappa shape index (κ1) is 14.7. The van der Waals surface area contributed by atoms with Crippen LogP contribution in [0.2, 0.25) is 5.02 Å². The summed E-state index contributed by atoms with van der Waals surface area (Å²) in [5.74, 6) is -2.12. The van der Waals surface area contributed by atoms with E-state index in [1.165, 1.54) is 12.1 Å². The minimum atomic E-state index is -1.00. The molecule has 1 aliphatic rings. The van der Waals surface area contributed by atoms with Gasteiger partial charge in [-0.1, -0.05) is 11.6 Å². The number of benzene rings is 1. The van der Waals surface area contributed by atoms with Gasteiger partial charge in [-0.2, -0.15) is 0 Å². The van der Waals surface area contributed by atoms with Gasteiger partial charge in [0.2, 0.25) is 0 Å². The van der Waals surface area contributed by atoms with Gasteiger partial charge < -0.3 is 15.2 Å². The van der Waals surface area contributed by atoms with E-state index in [4.69, 9.17) is 21.4 Å². The average Bonchev–Trinajstić information content (AvgIpc) is 2.88. The molecule has 0 aromatic heterocycles. The topological polar surface area (TPSA) is 75.6 Å². The molecule has 1 saturated heterocycles. The molecule has 108 valence electrons. The van der Waals surface area contributed by atoms with E-state index in [1.807, 2.05) is 0 Å². The summed E-state index contributed by atoms with van der Waals surface area (Å²) in [6.07, 6.45) is -0.167. The average molecular weight is 302 g/mol. The van der Waals surface area contributed by atoms with Crippen molar-refractivity contribution in [2.75, 3.05) is 6.54 Å². The van der Waals surface area contributed by atoms with Gasteiger partial charge in [-0.3, -0.25) is 4.79 Å². The molecule has 0 spiro atoms. The third-order valence-corrected chi connectivity index (χ3v) is 3.36. The molecule has 2 atom stereocenters. The predicted octanol–water partition coefficient (Wildman–Crippen LogP) is 1.84. The molecule has 1 amide bonds. The van der Waals surface area contributed by atoms with Crippen molar-refractivity contribution >= 4 is 23.5 Å². The quantitative estimate of drug-likeness (QED) is 0.890. The number of carboxylic acid groups (broad SMARTS) is 1. The molecule has 1 aromatic rings. The van der Waals surface area contributed by atoms with Gasteiger partial charge >= 0.3 is 5.97 Å². The lowest BCUT2D eigenvalue weighted by atomic mass is 10.2. The Labute approximate surface area is 119 Å². The zero-order valence-electron chi connectivity index (χ0n) is 10.4. The standard InChI is InChI=1S/C13H13ClFNO4/c14-9-3-1-7(5-10(9)15)12(17)16-6-8-2-4-11(20-8)13(18)19/h1,3,5,8,11H,2,4,6H2,(H,16,17)(H,18,19). The lowest BCUT2D eigenvalue weighted by Crippen LogP contribution is -2.33. The maximum atomic E-state index is 13.2. The Bertz CT molecular complexity index is 537. The molecule has 1 fully saturated rings. The highest BCUT2D eigenvalue weighted by Gasteiger charge is 2.30. The molecule has 7 heteroatoms. The maximum Gasteiger partial charge on any atom is 0.332 e. The number of carbonyl (C=O) groups excluding carboxylic acids is 1. The number of nitrogens with one attached hydrogen (secondary N) is 1. The number of amides is 1. The Morgan fingerprint density at radius 2 is 2.20 bits per heavy atom. The summed E-state index contributed by atoms with van der Waals surface area (Å²) in [7, 11) is 0. The highest BCUT2D eigenvalue weighted by molar-refractivity contribution is 6.30. The molecule has 1 aromatic carbocycles. The molecule has 20 heavy (non-hydrogen) atoms. The van der Waals surface area contributed by atoms with E-state index in [9.17, 15) is 14.0 Å². The van der Waals surface area contributed by atoms with Gasteiger partial charge in [0.15, 0.2) is 6.10 Å². The van der Waals surface area contributed by atoms with Crippen molar-refractivity contribution in [3.05, 3.63) is 34.6 Å². The summed E-state index contributed by atoms with van der Waals surface area (Å²) >= 11 is 5.53. The van der Waals surface area contributed by atoms with Crippen molar-refractivity contribution in [1.82, 2.24) is 5.32 Å². The predicted molar refractivity (Wildman–Crippen MR) is 69.3 cm³/mol. The molecule has 1 heterocycles. The van der Waals surface area contributed by atoms with Crippen LogP contribution >= 0.6 is 11.6 Å². The molecular weight excluding hydrogens is 289 g/mol. The zero-order chi connectivity index (χ0) is 14.7. The third-order valence-electron chi connectivity index (χ3n) is 3.06. The fraction of sp³-hybridized carbons (Fsp3) is 0.385. The first-order valence-corrected chi connectivity index (χ1v) is 6.46. The number of aliphatic carboxylic acids is 1. The van der Waals surface area contributed by atoms with Gasteiger partial charge in [-0.25, -0.2) is 9.18 Å². The van der Waals surface area contributed by atoms with Crippen molar-refractivity contribution in [2.45, 2.75) is 25.0 Å². The third kappa shape index (κ3) is 3.46. The number of rotatable bonds is 4. The lowest BCUT2D eigenvalue weighted by molar-refractivity contribution is -0.149. The van der Waals surface area contributed by atoms with Crippen LogP contribution in [0.25, 0.3) is 0 Å². The minimum Gasteiger partial charge on any atom is -0.479 e. The minimum absolute atomic E-state index is 0.0509. The van der Waals surface area contributed by atoms with Crippen LogP contribution in [-0.2, 0) is 9.53 Å². The van der Waals surface area contributed by atoms with Gasteiger partial charge in [-0.05, 0) is 31.0 Å². The summed E-state index contributed by atoms with van der Waals surface area (Å²) in [4.78, 5) is 22.5. The summed E-state index contributed by atoms with van der Waals surface area (Å²) in [6.45, 7) is 0.187. The Morgan fingerprint density at radius 3 is 2.80 bits per heavy atom. The van der Waals surface area contributed by atoms with E-state index in [0.717, 1.165) is 6.07 Å². The molecule has 0 radical (unpaired) electrons. The molecule has 1 aliphatic heterocycles. The number of hydrogen-bond donors (Lipinski definition) is 2. The summed E-state index contributed by atoms with van der Waals surface area (Å²) in [5, 5.41) is 11.3. The number of ether oxygens (including phenoxy) is 1. The molecule has 0 saturated carbocycles. The Morgan fingerprint density at radius 1 is 1.45 bits per heavy atom. The van der Waals surface area contributed by atoms with E-state index in [1.54, 1.807) is 0 Å². The molecule has 0 bridgehead atoms. The first-order valence-electron chi connectivity index (χ1n) is 6.09. The second-order valence-electron chi connectivity index (χ2n) is 4.50. The van der Waals surface area contributed by atoms with E-state index in [-0.39, 0.29) is 23.2 Å². The van der Waals surface area contributed by atoms with Crippen LogP contribution in [-0.4, -0.2) is 35.7 Å². The largest absolute Gasteiger partial charge is 0.479 e. The summed E-state index contributed by atoms with van der Waals surface area (Å²) < 4.78 is 18.5. The molecule has 5 nitrogen and oxygen atoms in total. The van der Waals surface area contributed by atoms with Crippen LogP contribution in [0.3, 0.4) is 0 Å². The van der Waals surface area contributed by atoms with Crippen LogP contribution in [0.4, 0.5) is 4.39 Å². The van der Waals surface area contributed by atoms with Crippen LogP contribution in [0, 0.1) is 5.82 Å². The fourth-order valence-electron chi connectivity index (χ4n) is 1.98. The molecule has 2 N–H and O–H groups in total. The molecular formula is C13H13ClFNO4. The van der Waals surface area contributed by atoms with E-state index < -0.39 is 23.8 Å². The Kier molecular flexibility index (Phi) is 4.57. The van der Waals surface area contributed by atoms with E-state index in [0.29, 0.717) is 12.8 Å². The number of carboxylic acids is 1. The van der Waals surface area contributed by atoms with Crippen molar-refractivity contribution in [1.29, 1.82) is 0 Å². The Balaban J connectivity index is 1.86. The van der Waals surface area contributed by atoms with Crippen LogP contribution in [0.15, 0.2) is 18.2 Å². The van der Waals surface area contributed by atoms with Gasteiger partial charge in [0, 0.05) is 12.1 Å². The fourth-order valence-corrected chi connectivity index (χ4v) is 2.10. The number of halogens is 2. The van der Waals surface area contributed by atoms with Gasteiger partial charge in [0.25, 0.3) is 5.91 Å². The van der Waals surface area contributed by atoms with Crippen LogP contribution in [0.5, 0.6) is 0 Å². The smallest absolute Gasteiger partial charge is 0.332 e. The van der Waals surface area contributed by atoms with Gasteiger partial charge in [-0.15, -0.1) is 0 Å². The normalized spacial score (nSPS) is 21.7. The van der Waals surface area contributed by atoms with Crippen molar-refractivity contribution < 1.29 is 23.8 Å². The number of hydrogen-bond acceptors (Lipinski definition) is 3. The van der Waals surface area contributed by atoms with Crippen molar-refractivity contribution in [3.63, 3.8) is 0 Å². The Hall–Kier alpha value is -1.66. The van der Waals surface area contributed by atoms with Gasteiger partial charge in [0.05, 0.1) is 11.1 Å². The zero-order valence-corrected chi connectivity index (χ0v) is 11.2.